The monoisotopic (exact) mass is 221 g/mol. The Labute approximate surface area is 91.7 Å². The van der Waals surface area contributed by atoms with Gasteiger partial charge < -0.3 is 21.7 Å². The Morgan fingerprint density at radius 3 is 2.56 bits per heavy atom. The van der Waals surface area contributed by atoms with Crippen molar-refractivity contribution < 1.29 is 15.0 Å². The Hall–Kier alpha value is -2.10. The first kappa shape index (κ1) is 12.0. The molecule has 0 saturated carbocycles. The molecule has 0 saturated heterocycles. The fourth-order valence-corrected chi connectivity index (χ4v) is 1.23. The summed E-state index contributed by atoms with van der Waals surface area (Å²) in [5, 5.41) is 27.5. The van der Waals surface area contributed by atoms with Crippen molar-refractivity contribution >= 4 is 11.6 Å². The minimum absolute atomic E-state index is 0.102. The van der Waals surface area contributed by atoms with E-state index in [1.807, 2.05) is 6.07 Å². The average Bonchev–Trinajstić information content (AvgIpc) is 2.27. The van der Waals surface area contributed by atoms with Gasteiger partial charge in [-0.1, -0.05) is 0 Å². The maximum Gasteiger partial charge on any atom is 0.249 e. The minimum Gasteiger partial charge on any atom is -0.398 e. The summed E-state index contributed by atoms with van der Waals surface area (Å²) < 4.78 is 0. The summed E-state index contributed by atoms with van der Waals surface area (Å²) in [7, 11) is 0. The first-order valence-corrected chi connectivity index (χ1v) is 4.42. The molecular formula is C10H11N3O3. The van der Waals surface area contributed by atoms with E-state index < -0.39 is 18.1 Å². The van der Waals surface area contributed by atoms with E-state index in [-0.39, 0.29) is 16.8 Å². The highest BCUT2D eigenvalue weighted by Gasteiger charge is 2.25. The standard InChI is InChI=1S/C10H11N3O3/c11-4-5-1-2-7(12)6(3-5)8(14)9(15)10(13)16/h1-3,8-9,14-15H,12H2,(H2,13,16). The van der Waals surface area contributed by atoms with E-state index in [1.54, 1.807) is 0 Å². The highest BCUT2D eigenvalue weighted by Crippen LogP contribution is 2.24. The van der Waals surface area contributed by atoms with Crippen LogP contribution in [-0.4, -0.2) is 22.2 Å². The van der Waals surface area contributed by atoms with E-state index in [2.05, 4.69) is 0 Å². The van der Waals surface area contributed by atoms with Crippen LogP contribution >= 0.6 is 0 Å². The zero-order valence-electron chi connectivity index (χ0n) is 8.29. The molecule has 2 atom stereocenters. The maximum absolute atomic E-state index is 10.7. The number of amides is 1. The summed E-state index contributed by atoms with van der Waals surface area (Å²) in [6.07, 6.45) is -3.29. The van der Waals surface area contributed by atoms with Crippen molar-refractivity contribution in [3.63, 3.8) is 0 Å². The Morgan fingerprint density at radius 2 is 2.06 bits per heavy atom. The Balaban J connectivity index is 3.12. The van der Waals surface area contributed by atoms with Crippen LogP contribution in [0.15, 0.2) is 18.2 Å². The van der Waals surface area contributed by atoms with Crippen molar-refractivity contribution in [2.24, 2.45) is 5.73 Å². The molecule has 0 fully saturated rings. The third kappa shape index (κ3) is 2.28. The SMILES string of the molecule is N#Cc1ccc(N)c(C(O)C(O)C(N)=O)c1. The second-order valence-electron chi connectivity index (χ2n) is 3.25. The first-order chi connectivity index (χ1) is 7.47. The number of nitriles is 1. The zero-order chi connectivity index (χ0) is 12.3. The number of aliphatic hydroxyl groups excluding tert-OH is 2. The lowest BCUT2D eigenvalue weighted by Crippen LogP contribution is -2.34. The van der Waals surface area contributed by atoms with Gasteiger partial charge >= 0.3 is 0 Å². The van der Waals surface area contributed by atoms with Gasteiger partial charge in [0, 0.05) is 11.3 Å². The van der Waals surface area contributed by atoms with Crippen LogP contribution in [0.1, 0.15) is 17.2 Å². The highest BCUT2D eigenvalue weighted by atomic mass is 16.3. The normalized spacial score (nSPS) is 13.8. The number of hydrogen-bond acceptors (Lipinski definition) is 5. The second kappa shape index (κ2) is 4.61. The van der Waals surface area contributed by atoms with Gasteiger partial charge in [-0.15, -0.1) is 0 Å². The van der Waals surface area contributed by atoms with Crippen LogP contribution in [0.3, 0.4) is 0 Å². The summed E-state index contributed by atoms with van der Waals surface area (Å²) in [6, 6.07) is 6.02. The molecule has 0 aromatic heterocycles. The molecule has 0 heterocycles. The summed E-state index contributed by atoms with van der Waals surface area (Å²) in [5.41, 5.74) is 10.9. The van der Waals surface area contributed by atoms with Gasteiger partial charge in [0.25, 0.3) is 0 Å². The number of carbonyl (C=O) groups excluding carboxylic acids is 1. The highest BCUT2D eigenvalue weighted by molar-refractivity contribution is 5.79. The van der Waals surface area contributed by atoms with Crippen molar-refractivity contribution in [3.8, 4) is 6.07 Å². The number of anilines is 1. The van der Waals surface area contributed by atoms with Crippen LogP contribution in [0.2, 0.25) is 0 Å². The lowest BCUT2D eigenvalue weighted by atomic mass is 10.00. The fraction of sp³-hybridized carbons (Fsp3) is 0.200. The van der Waals surface area contributed by atoms with Crippen LogP contribution in [0.25, 0.3) is 0 Å². The van der Waals surface area contributed by atoms with Crippen molar-refractivity contribution in [1.82, 2.24) is 0 Å². The molecule has 0 radical (unpaired) electrons. The van der Waals surface area contributed by atoms with E-state index >= 15 is 0 Å². The molecule has 0 aliphatic rings. The van der Waals surface area contributed by atoms with E-state index in [0.29, 0.717) is 0 Å². The number of benzene rings is 1. The van der Waals surface area contributed by atoms with Crippen LogP contribution < -0.4 is 11.5 Å². The van der Waals surface area contributed by atoms with Gasteiger partial charge in [-0.3, -0.25) is 4.79 Å². The number of nitrogen functional groups attached to an aromatic ring is 1. The Bertz CT molecular complexity index is 453. The molecule has 1 amide bonds. The molecule has 16 heavy (non-hydrogen) atoms. The fourth-order valence-electron chi connectivity index (χ4n) is 1.23. The molecule has 6 heteroatoms. The number of hydrogen-bond donors (Lipinski definition) is 4. The first-order valence-electron chi connectivity index (χ1n) is 4.42. The molecule has 0 aliphatic heterocycles. The maximum atomic E-state index is 10.7. The number of nitrogens with zero attached hydrogens (tertiary/aromatic N) is 1. The topological polar surface area (TPSA) is 133 Å². The summed E-state index contributed by atoms with van der Waals surface area (Å²) >= 11 is 0. The van der Waals surface area contributed by atoms with E-state index in [1.165, 1.54) is 18.2 Å². The predicted octanol–water partition coefficient (Wildman–Crippen LogP) is -0.980. The largest absolute Gasteiger partial charge is 0.398 e. The predicted molar refractivity (Wildman–Crippen MR) is 55.7 cm³/mol. The quantitative estimate of drug-likeness (QED) is 0.487. The molecule has 1 rings (SSSR count). The molecule has 2 unspecified atom stereocenters. The van der Waals surface area contributed by atoms with Crippen LogP contribution in [0.5, 0.6) is 0 Å². The van der Waals surface area contributed by atoms with E-state index in [0.717, 1.165) is 0 Å². The summed E-state index contributed by atoms with van der Waals surface area (Å²) in [6.45, 7) is 0. The van der Waals surface area contributed by atoms with Gasteiger partial charge in [0.15, 0.2) is 6.10 Å². The van der Waals surface area contributed by atoms with Crippen LogP contribution in [0.4, 0.5) is 5.69 Å². The van der Waals surface area contributed by atoms with Gasteiger partial charge in [-0.05, 0) is 18.2 Å². The van der Waals surface area contributed by atoms with Crippen molar-refractivity contribution in [3.05, 3.63) is 29.3 Å². The van der Waals surface area contributed by atoms with E-state index in [9.17, 15) is 15.0 Å². The molecule has 0 aliphatic carbocycles. The minimum atomic E-state index is -1.75. The molecule has 0 bridgehead atoms. The third-order valence-corrected chi connectivity index (χ3v) is 2.13. The van der Waals surface area contributed by atoms with Gasteiger partial charge in [0.1, 0.15) is 6.10 Å². The van der Waals surface area contributed by atoms with Crippen LogP contribution in [0, 0.1) is 11.3 Å². The third-order valence-electron chi connectivity index (χ3n) is 2.13. The van der Waals surface area contributed by atoms with E-state index in [4.69, 9.17) is 16.7 Å². The molecule has 1 aromatic rings. The Kier molecular flexibility index (Phi) is 3.45. The second-order valence-corrected chi connectivity index (χ2v) is 3.25. The lowest BCUT2D eigenvalue weighted by molar-refractivity contribution is -0.131. The molecular weight excluding hydrogens is 210 g/mol. The van der Waals surface area contributed by atoms with Gasteiger partial charge in [0.2, 0.25) is 5.91 Å². The number of carbonyl (C=O) groups is 1. The van der Waals surface area contributed by atoms with Crippen molar-refractivity contribution in [2.75, 3.05) is 5.73 Å². The smallest absolute Gasteiger partial charge is 0.249 e. The lowest BCUT2D eigenvalue weighted by Gasteiger charge is -2.17. The Morgan fingerprint density at radius 1 is 1.44 bits per heavy atom. The van der Waals surface area contributed by atoms with Crippen molar-refractivity contribution in [1.29, 1.82) is 5.26 Å². The molecule has 6 nitrogen and oxygen atoms in total. The average molecular weight is 221 g/mol. The van der Waals surface area contributed by atoms with Gasteiger partial charge in [-0.25, -0.2) is 0 Å². The number of primary amides is 1. The molecule has 6 N–H and O–H groups in total. The van der Waals surface area contributed by atoms with Crippen LogP contribution in [-0.2, 0) is 4.79 Å². The molecule has 84 valence electrons. The van der Waals surface area contributed by atoms with Gasteiger partial charge in [0.05, 0.1) is 11.6 Å². The number of rotatable bonds is 3. The number of aliphatic hydroxyl groups is 2. The van der Waals surface area contributed by atoms with Crippen molar-refractivity contribution in [2.45, 2.75) is 12.2 Å². The zero-order valence-corrected chi connectivity index (χ0v) is 8.29. The summed E-state index contributed by atoms with van der Waals surface area (Å²) in [4.78, 5) is 10.7. The number of nitrogens with two attached hydrogens (primary N) is 2. The summed E-state index contributed by atoms with van der Waals surface area (Å²) in [5.74, 6) is -1.06. The molecule has 1 aromatic carbocycles. The van der Waals surface area contributed by atoms with Gasteiger partial charge in [-0.2, -0.15) is 5.26 Å². The molecule has 0 spiro atoms.